The maximum Gasteiger partial charge on any atom is 0.294 e. The molecule has 0 spiro atoms. The lowest BCUT2D eigenvalue weighted by Crippen LogP contribution is -2.05. The Kier molecular flexibility index (Phi) is 4.82. The van der Waals surface area contributed by atoms with Gasteiger partial charge < -0.3 is 0 Å². The third-order valence-electron chi connectivity index (χ3n) is 3.77. The van der Waals surface area contributed by atoms with Crippen LogP contribution in [0.5, 0.6) is 0 Å². The Balaban J connectivity index is 2.34. The van der Waals surface area contributed by atoms with Crippen molar-refractivity contribution in [2.24, 2.45) is 0 Å². The number of nitro benzene ring substituents is 1. The second kappa shape index (κ2) is 6.47. The highest BCUT2D eigenvalue weighted by atomic mass is 32.2. The molecule has 2 aromatic rings. The number of nitro groups is 1. The van der Waals surface area contributed by atoms with Crippen LogP contribution in [-0.4, -0.2) is 17.9 Å². The highest BCUT2D eigenvalue weighted by Crippen LogP contribution is 2.24. The van der Waals surface area contributed by atoms with Crippen LogP contribution in [0.4, 0.5) is 5.69 Å². The average molecular weight is 335 g/mol. The minimum absolute atomic E-state index is 0.0433. The van der Waals surface area contributed by atoms with Crippen molar-refractivity contribution in [1.29, 1.82) is 0 Å². The van der Waals surface area contributed by atoms with E-state index < -0.39 is 15.0 Å². The van der Waals surface area contributed by atoms with E-state index in [-0.39, 0.29) is 10.6 Å². The van der Waals surface area contributed by atoms with Crippen molar-refractivity contribution < 1.29 is 17.9 Å². The van der Waals surface area contributed by atoms with Gasteiger partial charge in [0, 0.05) is 11.6 Å². The van der Waals surface area contributed by atoms with Gasteiger partial charge in [0.05, 0.1) is 9.82 Å². The van der Waals surface area contributed by atoms with Gasteiger partial charge >= 0.3 is 0 Å². The summed E-state index contributed by atoms with van der Waals surface area (Å²) in [6.45, 7) is 3.50. The molecule has 0 aromatic heterocycles. The van der Waals surface area contributed by atoms with E-state index >= 15 is 0 Å². The van der Waals surface area contributed by atoms with Gasteiger partial charge in [-0.05, 0) is 43.9 Å². The van der Waals surface area contributed by atoms with Crippen LogP contribution in [0.3, 0.4) is 0 Å². The molecule has 2 aromatic carbocycles. The molecule has 0 fully saturated rings. The molecule has 7 heteroatoms. The molecular formula is C16H17NO5S. The van der Waals surface area contributed by atoms with Crippen molar-refractivity contribution in [1.82, 2.24) is 0 Å². The van der Waals surface area contributed by atoms with E-state index in [1.165, 1.54) is 12.1 Å². The van der Waals surface area contributed by atoms with E-state index in [1.54, 1.807) is 31.2 Å². The fourth-order valence-corrected chi connectivity index (χ4v) is 3.30. The molecule has 0 aliphatic carbocycles. The fourth-order valence-electron chi connectivity index (χ4n) is 2.56. The van der Waals surface area contributed by atoms with Crippen LogP contribution in [0.1, 0.15) is 22.3 Å². The molecule has 0 heterocycles. The third-order valence-corrected chi connectivity index (χ3v) is 4.73. The fraction of sp³-hybridized carbons (Fsp3) is 0.250. The highest BCUT2D eigenvalue weighted by molar-refractivity contribution is 7.85. The molecule has 0 aliphatic heterocycles. The first kappa shape index (κ1) is 17.1. The van der Waals surface area contributed by atoms with Crippen LogP contribution in [0.15, 0.2) is 41.3 Å². The van der Waals surface area contributed by atoms with Crippen molar-refractivity contribution in [2.45, 2.75) is 31.6 Å². The topological polar surface area (TPSA) is 97.5 Å². The molecule has 0 aliphatic rings. The summed E-state index contributed by atoms with van der Waals surface area (Å²) in [5, 5.41) is 11.0. The Morgan fingerprint density at radius 3 is 2.35 bits per heavy atom. The summed E-state index contributed by atoms with van der Waals surface area (Å²) in [7, 11) is -4.29. The summed E-state index contributed by atoms with van der Waals surface area (Å²) in [5.41, 5.74) is 2.77. The van der Waals surface area contributed by atoms with Gasteiger partial charge in [-0.2, -0.15) is 8.42 Å². The van der Waals surface area contributed by atoms with Gasteiger partial charge in [0.15, 0.2) is 0 Å². The molecule has 0 saturated carbocycles. The van der Waals surface area contributed by atoms with E-state index in [4.69, 9.17) is 0 Å². The highest BCUT2D eigenvalue weighted by Gasteiger charge is 2.17. The molecule has 0 bridgehead atoms. The number of rotatable bonds is 5. The maximum atomic E-state index is 11.5. The zero-order valence-electron chi connectivity index (χ0n) is 12.8. The lowest BCUT2D eigenvalue weighted by Gasteiger charge is -2.10. The largest absolute Gasteiger partial charge is 0.294 e. The maximum absolute atomic E-state index is 11.5. The number of hydrogen-bond donors (Lipinski definition) is 1. The van der Waals surface area contributed by atoms with Gasteiger partial charge in [-0.25, -0.2) is 0 Å². The van der Waals surface area contributed by atoms with Crippen LogP contribution in [0.2, 0.25) is 0 Å². The standard InChI is InChI=1S/C16H17NO5S/c1-11-6-9-16(23(20,21)22)14(10-11)8-7-13-4-3-5-15(12(13)2)17(18)19/h3-6,9-10H,7-8H2,1-2H3,(H,20,21,22). The molecule has 0 atom stereocenters. The summed E-state index contributed by atoms with van der Waals surface area (Å²) in [4.78, 5) is 10.4. The van der Waals surface area contributed by atoms with Crippen molar-refractivity contribution in [2.75, 3.05) is 0 Å². The number of hydrogen-bond acceptors (Lipinski definition) is 4. The Hall–Kier alpha value is -2.25. The Morgan fingerprint density at radius 2 is 1.74 bits per heavy atom. The summed E-state index contributed by atoms with van der Waals surface area (Å²) in [5.74, 6) is 0. The molecule has 2 rings (SSSR count). The molecule has 23 heavy (non-hydrogen) atoms. The summed E-state index contributed by atoms with van der Waals surface area (Å²) < 4.78 is 32.2. The van der Waals surface area contributed by atoms with Gasteiger partial charge in [0.2, 0.25) is 0 Å². The summed E-state index contributed by atoms with van der Waals surface area (Å²) in [6, 6.07) is 9.53. The monoisotopic (exact) mass is 335 g/mol. The van der Waals surface area contributed by atoms with Crippen LogP contribution >= 0.6 is 0 Å². The lowest BCUT2D eigenvalue weighted by molar-refractivity contribution is -0.385. The predicted molar refractivity (Wildman–Crippen MR) is 86.2 cm³/mol. The lowest BCUT2D eigenvalue weighted by atomic mass is 9.98. The van der Waals surface area contributed by atoms with E-state index in [2.05, 4.69) is 0 Å². The quantitative estimate of drug-likeness (QED) is 0.514. The molecule has 1 N–H and O–H groups in total. The summed E-state index contributed by atoms with van der Waals surface area (Å²) >= 11 is 0. The van der Waals surface area contributed by atoms with Crippen LogP contribution in [-0.2, 0) is 23.0 Å². The normalized spacial score (nSPS) is 11.4. The molecule has 6 nitrogen and oxygen atoms in total. The first-order valence-electron chi connectivity index (χ1n) is 7.00. The molecule has 0 radical (unpaired) electrons. The smallest absolute Gasteiger partial charge is 0.282 e. The molecule has 0 unspecified atom stereocenters. The zero-order chi connectivity index (χ0) is 17.2. The zero-order valence-corrected chi connectivity index (χ0v) is 13.6. The molecule has 122 valence electrons. The number of nitrogens with zero attached hydrogens (tertiary/aromatic N) is 1. The minimum Gasteiger partial charge on any atom is -0.282 e. The van der Waals surface area contributed by atoms with Gasteiger partial charge in [0.1, 0.15) is 0 Å². The first-order chi connectivity index (χ1) is 10.7. The predicted octanol–water partition coefficient (Wildman–Crippen LogP) is 3.24. The minimum atomic E-state index is -4.29. The number of aryl methyl sites for hydroxylation is 3. The second-order valence-corrected chi connectivity index (χ2v) is 6.79. The van der Waals surface area contributed by atoms with E-state index in [0.717, 1.165) is 11.1 Å². The van der Waals surface area contributed by atoms with E-state index in [9.17, 15) is 23.1 Å². The molecule has 0 amide bonds. The van der Waals surface area contributed by atoms with Crippen LogP contribution < -0.4 is 0 Å². The van der Waals surface area contributed by atoms with Crippen molar-refractivity contribution in [3.63, 3.8) is 0 Å². The second-order valence-electron chi connectivity index (χ2n) is 5.40. The first-order valence-corrected chi connectivity index (χ1v) is 8.44. The van der Waals surface area contributed by atoms with Gasteiger partial charge in [-0.15, -0.1) is 0 Å². The van der Waals surface area contributed by atoms with Gasteiger partial charge in [0.25, 0.3) is 15.8 Å². The third kappa shape index (κ3) is 3.94. The van der Waals surface area contributed by atoms with Crippen molar-refractivity contribution in [3.05, 3.63) is 68.8 Å². The van der Waals surface area contributed by atoms with Crippen molar-refractivity contribution >= 4 is 15.8 Å². The van der Waals surface area contributed by atoms with Crippen LogP contribution in [0.25, 0.3) is 0 Å². The van der Waals surface area contributed by atoms with Crippen LogP contribution in [0, 0.1) is 24.0 Å². The van der Waals surface area contributed by atoms with Gasteiger partial charge in [-0.3, -0.25) is 14.7 Å². The average Bonchev–Trinajstić information content (AvgIpc) is 2.44. The van der Waals surface area contributed by atoms with E-state index in [0.29, 0.717) is 24.0 Å². The molecular weight excluding hydrogens is 318 g/mol. The van der Waals surface area contributed by atoms with Gasteiger partial charge in [-0.1, -0.05) is 29.8 Å². The number of benzene rings is 2. The summed E-state index contributed by atoms with van der Waals surface area (Å²) in [6.07, 6.45) is 0.804. The SMILES string of the molecule is Cc1ccc(S(=O)(=O)O)c(CCc2cccc([N+](=O)[O-])c2C)c1. The Bertz CT molecular complexity index is 859. The van der Waals surface area contributed by atoms with Crippen molar-refractivity contribution in [3.8, 4) is 0 Å². The Labute approximate surface area is 134 Å². The Morgan fingerprint density at radius 1 is 1.09 bits per heavy atom. The van der Waals surface area contributed by atoms with E-state index in [1.807, 2.05) is 6.92 Å². The molecule has 0 saturated heterocycles.